The van der Waals surface area contributed by atoms with E-state index in [1.54, 1.807) is 47.5 Å². The van der Waals surface area contributed by atoms with Crippen molar-refractivity contribution in [3.8, 4) is 11.5 Å². The molecule has 2 fully saturated rings. The summed E-state index contributed by atoms with van der Waals surface area (Å²) in [5.41, 5.74) is -0.191. The maximum atomic E-state index is 13.1. The highest BCUT2D eigenvalue weighted by molar-refractivity contribution is 6.16. The number of hydrogen-bond acceptors (Lipinski definition) is 5. The normalized spacial score (nSPS) is 15.3. The Kier molecular flexibility index (Phi) is 6.24. The van der Waals surface area contributed by atoms with E-state index in [9.17, 15) is 18.8 Å². The number of pyridine rings is 1. The molecule has 1 aliphatic heterocycles. The number of hydrogen-bond donors (Lipinski definition) is 3. The number of halogens is 1. The van der Waals surface area contributed by atoms with E-state index in [2.05, 4.69) is 20.9 Å². The van der Waals surface area contributed by atoms with Crippen LogP contribution in [-0.2, 0) is 9.59 Å². The zero-order valence-electron chi connectivity index (χ0n) is 19.3. The van der Waals surface area contributed by atoms with Gasteiger partial charge < -0.3 is 20.3 Å². The van der Waals surface area contributed by atoms with Crippen LogP contribution in [0.3, 0.4) is 0 Å². The van der Waals surface area contributed by atoms with Gasteiger partial charge >= 0.3 is 6.03 Å². The Balaban J connectivity index is 1.17. The molecule has 4 amide bonds. The fraction of sp³-hybridized carbons (Fsp3) is 0.231. The number of carbonyl (C=O) groups excluding carboxylic acids is 3. The lowest BCUT2D eigenvalue weighted by Gasteiger charge is -2.30. The van der Waals surface area contributed by atoms with Gasteiger partial charge in [0.25, 0.3) is 0 Å². The van der Waals surface area contributed by atoms with Crippen molar-refractivity contribution in [3.63, 3.8) is 0 Å². The second-order valence-corrected chi connectivity index (χ2v) is 8.77. The summed E-state index contributed by atoms with van der Waals surface area (Å²) < 4.78 is 18.9. The first-order valence-electron chi connectivity index (χ1n) is 11.6. The molecule has 5 rings (SSSR count). The molecule has 3 aromatic rings. The first-order valence-corrected chi connectivity index (χ1v) is 11.6. The van der Waals surface area contributed by atoms with Crippen molar-refractivity contribution in [1.82, 2.24) is 9.88 Å². The van der Waals surface area contributed by atoms with Crippen molar-refractivity contribution in [2.75, 3.05) is 29.0 Å². The summed E-state index contributed by atoms with van der Waals surface area (Å²) in [7, 11) is 0. The van der Waals surface area contributed by atoms with Crippen LogP contribution in [0.4, 0.5) is 26.4 Å². The number of nitrogens with zero attached hydrogens (tertiary/aromatic N) is 2. The molecule has 10 heteroatoms. The molecule has 1 saturated heterocycles. The SMILES string of the molecule is O=C(Nc1cc(Oc2ccc(NC(=O)C3(C(=O)Nc4ccc(F)cc4)CC3)cc2)ccn1)N1CCC1. The van der Waals surface area contributed by atoms with Gasteiger partial charge in [-0.3, -0.25) is 14.9 Å². The third kappa shape index (κ3) is 5.12. The summed E-state index contributed by atoms with van der Waals surface area (Å²) in [6.45, 7) is 1.48. The zero-order valence-corrected chi connectivity index (χ0v) is 19.3. The fourth-order valence-electron chi connectivity index (χ4n) is 3.71. The molecular weight excluding hydrogens is 465 g/mol. The quantitative estimate of drug-likeness (QED) is 0.420. The van der Waals surface area contributed by atoms with Crippen LogP contribution >= 0.6 is 0 Å². The molecule has 0 radical (unpaired) electrons. The molecule has 0 unspecified atom stereocenters. The van der Waals surface area contributed by atoms with Gasteiger partial charge in [-0.15, -0.1) is 0 Å². The molecule has 2 heterocycles. The summed E-state index contributed by atoms with van der Waals surface area (Å²) in [5, 5.41) is 8.22. The molecule has 184 valence electrons. The van der Waals surface area contributed by atoms with Crippen LogP contribution in [0, 0.1) is 11.2 Å². The second-order valence-electron chi connectivity index (χ2n) is 8.77. The molecule has 1 aliphatic carbocycles. The van der Waals surface area contributed by atoms with Crippen LogP contribution in [0.1, 0.15) is 19.3 Å². The summed E-state index contributed by atoms with van der Waals surface area (Å²) in [6, 6.07) is 15.2. The number of urea groups is 1. The van der Waals surface area contributed by atoms with E-state index in [1.807, 2.05) is 0 Å². The number of rotatable bonds is 7. The predicted octanol–water partition coefficient (Wildman–Crippen LogP) is 4.61. The summed E-state index contributed by atoms with van der Waals surface area (Å²) in [5.74, 6) is 0.192. The van der Waals surface area contributed by atoms with E-state index in [-0.39, 0.29) is 6.03 Å². The Morgan fingerprint density at radius 1 is 0.833 bits per heavy atom. The van der Waals surface area contributed by atoms with Gasteiger partial charge in [-0.1, -0.05) is 0 Å². The van der Waals surface area contributed by atoms with E-state index in [4.69, 9.17) is 4.74 Å². The lowest BCUT2D eigenvalue weighted by molar-refractivity contribution is -0.131. The van der Waals surface area contributed by atoms with Crippen LogP contribution in [0.5, 0.6) is 11.5 Å². The molecule has 1 aromatic heterocycles. The summed E-state index contributed by atoms with van der Waals surface area (Å²) in [4.78, 5) is 43.5. The zero-order chi connectivity index (χ0) is 25.1. The van der Waals surface area contributed by atoms with Gasteiger partial charge in [0, 0.05) is 36.7 Å². The third-order valence-corrected chi connectivity index (χ3v) is 6.18. The Morgan fingerprint density at radius 2 is 1.44 bits per heavy atom. The Bertz CT molecular complexity index is 1290. The number of carbonyl (C=O) groups is 3. The summed E-state index contributed by atoms with van der Waals surface area (Å²) >= 11 is 0. The van der Waals surface area contributed by atoms with Gasteiger partial charge in [-0.05, 0) is 73.9 Å². The second kappa shape index (κ2) is 9.65. The minimum atomic E-state index is -1.14. The van der Waals surface area contributed by atoms with Gasteiger partial charge in [0.1, 0.15) is 28.5 Å². The van der Waals surface area contributed by atoms with Gasteiger partial charge in [-0.2, -0.15) is 0 Å². The number of likely N-dealkylation sites (tertiary alicyclic amines) is 1. The highest BCUT2D eigenvalue weighted by atomic mass is 19.1. The first kappa shape index (κ1) is 23.3. The van der Waals surface area contributed by atoms with Gasteiger partial charge in [-0.25, -0.2) is 14.2 Å². The molecule has 1 saturated carbocycles. The molecular formula is C26H24FN5O4. The molecule has 0 bridgehead atoms. The Morgan fingerprint density at radius 3 is 2.00 bits per heavy atom. The maximum absolute atomic E-state index is 13.1. The van der Waals surface area contributed by atoms with Gasteiger partial charge in [0.2, 0.25) is 11.8 Å². The number of benzene rings is 2. The number of nitrogens with one attached hydrogen (secondary N) is 3. The number of aromatic nitrogens is 1. The minimum Gasteiger partial charge on any atom is -0.457 e. The maximum Gasteiger partial charge on any atom is 0.323 e. The van der Waals surface area contributed by atoms with Gasteiger partial charge in [0.05, 0.1) is 0 Å². The van der Waals surface area contributed by atoms with E-state index in [0.29, 0.717) is 41.5 Å². The van der Waals surface area contributed by atoms with E-state index < -0.39 is 23.0 Å². The molecule has 36 heavy (non-hydrogen) atoms. The van der Waals surface area contributed by atoms with Crippen LogP contribution in [-0.4, -0.2) is 40.8 Å². The standard InChI is InChI=1S/C26H24FN5O4/c27-17-2-4-18(5-3-17)29-23(33)26(11-12-26)24(34)30-19-6-8-20(9-7-19)36-21-10-13-28-22(16-21)31-25(35)32-14-1-15-32/h2-10,13,16H,1,11-12,14-15H2,(H,29,33)(H,30,34)(H,28,31,35). The molecule has 0 atom stereocenters. The molecule has 3 N–H and O–H groups in total. The number of ether oxygens (including phenoxy) is 1. The van der Waals surface area contributed by atoms with Crippen molar-refractivity contribution in [1.29, 1.82) is 0 Å². The van der Waals surface area contributed by atoms with Crippen molar-refractivity contribution >= 4 is 35.0 Å². The van der Waals surface area contributed by atoms with Crippen molar-refractivity contribution in [3.05, 3.63) is 72.7 Å². The molecule has 9 nitrogen and oxygen atoms in total. The molecule has 2 aromatic carbocycles. The highest BCUT2D eigenvalue weighted by Crippen LogP contribution is 2.47. The lowest BCUT2D eigenvalue weighted by atomic mass is 10.0. The lowest BCUT2D eigenvalue weighted by Crippen LogP contribution is -2.44. The number of anilines is 3. The third-order valence-electron chi connectivity index (χ3n) is 6.18. The Hall–Kier alpha value is -4.47. The Labute approximate surface area is 206 Å². The van der Waals surface area contributed by atoms with Crippen LogP contribution < -0.4 is 20.7 Å². The first-order chi connectivity index (χ1) is 17.4. The van der Waals surface area contributed by atoms with Crippen molar-refractivity contribution < 1.29 is 23.5 Å². The average molecular weight is 490 g/mol. The molecule has 0 spiro atoms. The van der Waals surface area contributed by atoms with Gasteiger partial charge in [0.15, 0.2) is 0 Å². The predicted molar refractivity (Wildman–Crippen MR) is 131 cm³/mol. The minimum absolute atomic E-state index is 0.189. The van der Waals surface area contributed by atoms with E-state index >= 15 is 0 Å². The summed E-state index contributed by atoms with van der Waals surface area (Å²) in [6.07, 6.45) is 3.42. The van der Waals surface area contributed by atoms with Crippen LogP contribution in [0.15, 0.2) is 66.9 Å². The van der Waals surface area contributed by atoms with E-state index in [0.717, 1.165) is 19.5 Å². The monoisotopic (exact) mass is 489 g/mol. The average Bonchev–Trinajstić information content (AvgIpc) is 3.63. The fourth-order valence-corrected chi connectivity index (χ4v) is 3.71. The topological polar surface area (TPSA) is 113 Å². The van der Waals surface area contributed by atoms with Crippen molar-refractivity contribution in [2.24, 2.45) is 5.41 Å². The largest absolute Gasteiger partial charge is 0.457 e. The van der Waals surface area contributed by atoms with Crippen molar-refractivity contribution in [2.45, 2.75) is 19.3 Å². The van der Waals surface area contributed by atoms with E-state index in [1.165, 1.54) is 24.3 Å². The highest BCUT2D eigenvalue weighted by Gasteiger charge is 2.56. The number of amides is 4. The molecule has 2 aliphatic rings. The van der Waals surface area contributed by atoms with Crippen LogP contribution in [0.25, 0.3) is 0 Å². The smallest absolute Gasteiger partial charge is 0.323 e. The van der Waals surface area contributed by atoms with Crippen LogP contribution in [0.2, 0.25) is 0 Å².